The zero-order valence-electron chi connectivity index (χ0n) is 12.5. The number of aromatic nitrogens is 3. The quantitative estimate of drug-likeness (QED) is 0.847. The Bertz CT molecular complexity index is 492. The average Bonchev–Trinajstić information content (AvgIpc) is 2.98. The van der Waals surface area contributed by atoms with E-state index in [4.69, 9.17) is 11.6 Å². The lowest BCUT2D eigenvalue weighted by atomic mass is 10.4. The van der Waals surface area contributed by atoms with E-state index < -0.39 is 0 Å². The molecule has 0 spiro atoms. The molecule has 1 aliphatic rings. The number of hydrogen-bond acceptors (Lipinski definition) is 6. The lowest BCUT2D eigenvalue weighted by Gasteiger charge is -2.20. The van der Waals surface area contributed by atoms with Crippen molar-refractivity contribution in [2.45, 2.75) is 26.2 Å². The van der Waals surface area contributed by atoms with Gasteiger partial charge < -0.3 is 15.1 Å². The number of carbonyl (C=O) groups is 1. The summed E-state index contributed by atoms with van der Waals surface area (Å²) >= 11 is 5.98. The van der Waals surface area contributed by atoms with Gasteiger partial charge in [0.05, 0.1) is 6.54 Å². The highest BCUT2D eigenvalue weighted by Gasteiger charge is 2.18. The van der Waals surface area contributed by atoms with Crippen LogP contribution in [0.1, 0.15) is 26.2 Å². The van der Waals surface area contributed by atoms with E-state index >= 15 is 0 Å². The van der Waals surface area contributed by atoms with E-state index in [1.165, 1.54) is 0 Å². The number of halogens is 1. The van der Waals surface area contributed by atoms with Gasteiger partial charge in [-0.05, 0) is 30.9 Å². The van der Waals surface area contributed by atoms with Crippen LogP contribution in [0.25, 0.3) is 0 Å². The molecule has 1 fully saturated rings. The molecule has 7 nitrogen and oxygen atoms in total. The molecule has 0 saturated carbocycles. The molecule has 0 radical (unpaired) electrons. The zero-order valence-corrected chi connectivity index (χ0v) is 13.2. The van der Waals surface area contributed by atoms with Crippen molar-refractivity contribution in [3.63, 3.8) is 0 Å². The predicted octanol–water partition coefficient (Wildman–Crippen LogP) is 1.09. The smallest absolute Gasteiger partial charge is 0.239 e. The Balaban J connectivity index is 2.05. The molecule has 0 atom stereocenters. The fourth-order valence-corrected chi connectivity index (χ4v) is 2.32. The number of hydrogen-bond donors (Lipinski definition) is 1. The molecule has 1 saturated heterocycles. The third-order valence-corrected chi connectivity index (χ3v) is 3.44. The van der Waals surface area contributed by atoms with Crippen molar-refractivity contribution in [2.75, 3.05) is 43.0 Å². The van der Waals surface area contributed by atoms with Crippen LogP contribution in [0.15, 0.2) is 0 Å². The summed E-state index contributed by atoms with van der Waals surface area (Å²) in [5.74, 6) is 0.950. The standard InChI is InChI=1S/C13H21ClN6O/c1-3-6-15-10(21)9-19(2)12-16-11(14)17-13(18-12)20-7-4-5-8-20/h3-9H2,1-2H3,(H,15,21). The number of nitrogens with one attached hydrogen (secondary N) is 1. The van der Waals surface area contributed by atoms with Gasteiger partial charge in [-0.15, -0.1) is 0 Å². The van der Waals surface area contributed by atoms with Crippen LogP contribution < -0.4 is 15.1 Å². The summed E-state index contributed by atoms with van der Waals surface area (Å²) in [4.78, 5) is 28.2. The lowest BCUT2D eigenvalue weighted by molar-refractivity contribution is -0.119. The monoisotopic (exact) mass is 312 g/mol. The Morgan fingerprint density at radius 1 is 1.33 bits per heavy atom. The fourth-order valence-electron chi connectivity index (χ4n) is 2.17. The molecule has 0 bridgehead atoms. The summed E-state index contributed by atoms with van der Waals surface area (Å²) in [5, 5.41) is 2.98. The second kappa shape index (κ2) is 7.40. The minimum Gasteiger partial charge on any atom is -0.355 e. The molecule has 1 aromatic heterocycles. The Hall–Kier alpha value is -1.63. The van der Waals surface area contributed by atoms with Crippen LogP contribution in [0.3, 0.4) is 0 Å². The van der Waals surface area contributed by atoms with E-state index in [9.17, 15) is 4.79 Å². The van der Waals surface area contributed by atoms with Gasteiger partial charge in [0.2, 0.25) is 23.1 Å². The summed E-state index contributed by atoms with van der Waals surface area (Å²) in [6.45, 7) is 4.74. The Morgan fingerprint density at radius 3 is 2.71 bits per heavy atom. The first-order valence-electron chi connectivity index (χ1n) is 7.24. The Morgan fingerprint density at radius 2 is 2.05 bits per heavy atom. The maximum Gasteiger partial charge on any atom is 0.239 e. The summed E-state index contributed by atoms with van der Waals surface area (Å²) in [5.41, 5.74) is 0. The predicted molar refractivity (Wildman–Crippen MR) is 82.9 cm³/mol. The van der Waals surface area contributed by atoms with Gasteiger partial charge in [0, 0.05) is 26.7 Å². The highest BCUT2D eigenvalue weighted by molar-refractivity contribution is 6.28. The average molecular weight is 313 g/mol. The molecule has 8 heteroatoms. The molecule has 0 unspecified atom stereocenters. The van der Waals surface area contributed by atoms with Gasteiger partial charge in [-0.2, -0.15) is 15.0 Å². The van der Waals surface area contributed by atoms with Crippen molar-refractivity contribution in [3.05, 3.63) is 5.28 Å². The first-order valence-corrected chi connectivity index (χ1v) is 7.62. The maximum absolute atomic E-state index is 11.7. The maximum atomic E-state index is 11.7. The van der Waals surface area contributed by atoms with Crippen LogP contribution in [0, 0.1) is 0 Å². The number of nitrogens with zero attached hydrogens (tertiary/aromatic N) is 5. The summed E-state index contributed by atoms with van der Waals surface area (Å²) in [6.07, 6.45) is 3.17. The number of anilines is 2. The highest BCUT2D eigenvalue weighted by atomic mass is 35.5. The van der Waals surface area contributed by atoms with Crippen LogP contribution in [0.5, 0.6) is 0 Å². The molecule has 2 rings (SSSR count). The molecule has 1 aliphatic heterocycles. The van der Waals surface area contributed by atoms with E-state index in [0.717, 1.165) is 32.4 Å². The van der Waals surface area contributed by atoms with E-state index in [1.807, 2.05) is 6.92 Å². The highest BCUT2D eigenvalue weighted by Crippen LogP contribution is 2.19. The second-order valence-corrected chi connectivity index (χ2v) is 5.44. The molecule has 1 amide bonds. The molecule has 0 aromatic carbocycles. The zero-order chi connectivity index (χ0) is 15.2. The minimum atomic E-state index is -0.0568. The van der Waals surface area contributed by atoms with Gasteiger partial charge in [-0.25, -0.2) is 0 Å². The van der Waals surface area contributed by atoms with Gasteiger partial charge in [0.15, 0.2) is 0 Å². The molecular formula is C13H21ClN6O. The van der Waals surface area contributed by atoms with E-state index in [-0.39, 0.29) is 17.7 Å². The molecular weight excluding hydrogens is 292 g/mol. The van der Waals surface area contributed by atoms with Gasteiger partial charge in [-0.3, -0.25) is 4.79 Å². The third kappa shape index (κ3) is 4.42. The fraction of sp³-hybridized carbons (Fsp3) is 0.692. The third-order valence-electron chi connectivity index (χ3n) is 3.27. The largest absolute Gasteiger partial charge is 0.355 e. The van der Waals surface area contributed by atoms with Gasteiger partial charge in [0.1, 0.15) is 0 Å². The first kappa shape index (κ1) is 15.8. The normalized spacial score (nSPS) is 14.3. The molecule has 1 aromatic rings. The van der Waals surface area contributed by atoms with Crippen molar-refractivity contribution < 1.29 is 4.79 Å². The van der Waals surface area contributed by atoms with Gasteiger partial charge >= 0.3 is 0 Å². The molecule has 116 valence electrons. The van der Waals surface area contributed by atoms with Crippen LogP contribution in [-0.4, -0.2) is 54.1 Å². The summed E-state index contributed by atoms with van der Waals surface area (Å²) < 4.78 is 0. The lowest BCUT2D eigenvalue weighted by Crippen LogP contribution is -2.36. The second-order valence-electron chi connectivity index (χ2n) is 5.10. The van der Waals surface area contributed by atoms with Crippen molar-refractivity contribution in [2.24, 2.45) is 0 Å². The van der Waals surface area contributed by atoms with Crippen molar-refractivity contribution in [1.82, 2.24) is 20.3 Å². The van der Waals surface area contributed by atoms with Crippen LogP contribution >= 0.6 is 11.6 Å². The molecule has 0 aliphatic carbocycles. The van der Waals surface area contributed by atoms with E-state index in [2.05, 4.69) is 25.2 Å². The molecule has 1 N–H and O–H groups in total. The van der Waals surface area contributed by atoms with Crippen molar-refractivity contribution >= 4 is 29.4 Å². The first-order chi connectivity index (χ1) is 10.1. The summed E-state index contributed by atoms with van der Waals surface area (Å²) in [7, 11) is 1.77. The number of likely N-dealkylation sites (N-methyl/N-ethyl adjacent to an activating group) is 1. The van der Waals surface area contributed by atoms with Crippen molar-refractivity contribution in [3.8, 4) is 0 Å². The van der Waals surface area contributed by atoms with E-state index in [1.54, 1.807) is 11.9 Å². The van der Waals surface area contributed by atoms with E-state index in [0.29, 0.717) is 18.4 Å². The number of carbonyl (C=O) groups excluding carboxylic acids is 1. The van der Waals surface area contributed by atoms with Crippen LogP contribution in [0.2, 0.25) is 5.28 Å². The summed E-state index contributed by atoms with van der Waals surface area (Å²) in [6, 6.07) is 0. The molecule has 2 heterocycles. The van der Waals surface area contributed by atoms with Gasteiger partial charge in [0.25, 0.3) is 0 Å². The van der Waals surface area contributed by atoms with Crippen molar-refractivity contribution in [1.29, 1.82) is 0 Å². The Labute approximate surface area is 129 Å². The topological polar surface area (TPSA) is 74.2 Å². The minimum absolute atomic E-state index is 0.0568. The van der Waals surface area contributed by atoms with Crippen LogP contribution in [-0.2, 0) is 4.79 Å². The van der Waals surface area contributed by atoms with Crippen LogP contribution in [0.4, 0.5) is 11.9 Å². The Kier molecular flexibility index (Phi) is 5.55. The number of amides is 1. The molecule has 21 heavy (non-hydrogen) atoms. The SMILES string of the molecule is CCCNC(=O)CN(C)c1nc(Cl)nc(N2CCCC2)n1. The van der Waals surface area contributed by atoms with Gasteiger partial charge in [-0.1, -0.05) is 6.92 Å². The number of rotatable bonds is 6.